The van der Waals surface area contributed by atoms with Crippen molar-refractivity contribution >= 4 is 17.4 Å². The van der Waals surface area contributed by atoms with Crippen LogP contribution in [0, 0.1) is 10.1 Å². The Morgan fingerprint density at radius 1 is 1.07 bits per heavy atom. The summed E-state index contributed by atoms with van der Waals surface area (Å²) in [5.74, 6) is -1.19. The van der Waals surface area contributed by atoms with Crippen LogP contribution in [0.5, 0.6) is 0 Å². The van der Waals surface area contributed by atoms with Crippen molar-refractivity contribution in [1.29, 1.82) is 0 Å². The van der Waals surface area contributed by atoms with Crippen molar-refractivity contribution in [2.45, 2.75) is 19.6 Å². The van der Waals surface area contributed by atoms with E-state index in [1.165, 1.54) is 20.3 Å². The van der Waals surface area contributed by atoms with Gasteiger partial charge in [-0.3, -0.25) is 14.9 Å². The lowest BCUT2D eigenvalue weighted by Crippen LogP contribution is -2.21. The molecule has 148 valence electrons. The molecule has 0 unspecified atom stereocenters. The van der Waals surface area contributed by atoms with Crippen LogP contribution in [0.2, 0.25) is 0 Å². The van der Waals surface area contributed by atoms with Gasteiger partial charge in [0.05, 0.1) is 17.1 Å². The molecule has 0 aliphatic heterocycles. The molecule has 0 radical (unpaired) electrons. The standard InChI is InChI=1S/C20H21NO7/c1-4-28-20(23)16-10-14(19(22)13-8-6-5-7-9-13)11-17(21(24)25)15(16)12-18(26-2)27-3/h5-11,18H,4,12H2,1-3H3. The Morgan fingerprint density at radius 3 is 2.25 bits per heavy atom. The first-order chi connectivity index (χ1) is 13.4. The normalized spacial score (nSPS) is 10.7. The van der Waals surface area contributed by atoms with Crippen LogP contribution in [-0.4, -0.2) is 43.8 Å². The highest BCUT2D eigenvalue weighted by molar-refractivity contribution is 6.10. The molecular weight excluding hydrogens is 366 g/mol. The summed E-state index contributed by atoms with van der Waals surface area (Å²) in [7, 11) is 2.77. The maximum atomic E-state index is 12.8. The number of methoxy groups -OCH3 is 2. The van der Waals surface area contributed by atoms with Crippen LogP contribution in [0.25, 0.3) is 0 Å². The van der Waals surface area contributed by atoms with E-state index < -0.39 is 23.0 Å². The number of rotatable bonds is 9. The highest BCUT2D eigenvalue weighted by atomic mass is 16.7. The quantitative estimate of drug-likeness (QED) is 0.214. The molecule has 0 saturated heterocycles. The number of ether oxygens (including phenoxy) is 3. The fraction of sp³-hybridized carbons (Fsp3) is 0.300. The average molecular weight is 387 g/mol. The third-order valence-corrected chi connectivity index (χ3v) is 4.11. The number of hydrogen-bond donors (Lipinski definition) is 0. The van der Waals surface area contributed by atoms with Crippen LogP contribution in [0.15, 0.2) is 42.5 Å². The van der Waals surface area contributed by atoms with Gasteiger partial charge in [0, 0.05) is 43.4 Å². The zero-order chi connectivity index (χ0) is 20.7. The van der Waals surface area contributed by atoms with E-state index in [9.17, 15) is 19.7 Å². The van der Waals surface area contributed by atoms with Gasteiger partial charge in [0.15, 0.2) is 12.1 Å². The minimum Gasteiger partial charge on any atom is -0.462 e. The van der Waals surface area contributed by atoms with E-state index in [1.54, 1.807) is 37.3 Å². The molecule has 0 saturated carbocycles. The minimum absolute atomic E-state index is 0.0242. The topological polar surface area (TPSA) is 105 Å². The van der Waals surface area contributed by atoms with Crippen molar-refractivity contribution < 1.29 is 28.7 Å². The first-order valence-electron chi connectivity index (χ1n) is 8.56. The van der Waals surface area contributed by atoms with Gasteiger partial charge in [-0.05, 0) is 13.0 Å². The molecule has 2 aromatic rings. The second-order valence-corrected chi connectivity index (χ2v) is 5.80. The van der Waals surface area contributed by atoms with E-state index in [0.717, 1.165) is 6.07 Å². The number of carbonyl (C=O) groups is 2. The highest BCUT2D eigenvalue weighted by Crippen LogP contribution is 2.29. The van der Waals surface area contributed by atoms with Gasteiger partial charge in [-0.25, -0.2) is 4.79 Å². The Morgan fingerprint density at radius 2 is 1.71 bits per heavy atom. The van der Waals surface area contributed by atoms with Gasteiger partial charge in [0.25, 0.3) is 5.69 Å². The number of ketones is 1. The molecule has 2 aromatic carbocycles. The summed E-state index contributed by atoms with van der Waals surface area (Å²) < 4.78 is 15.3. The SMILES string of the molecule is CCOC(=O)c1cc(C(=O)c2ccccc2)cc([N+](=O)[O-])c1CC(OC)OC. The van der Waals surface area contributed by atoms with Gasteiger partial charge in [0.1, 0.15) is 0 Å². The van der Waals surface area contributed by atoms with E-state index in [-0.39, 0.29) is 35.4 Å². The summed E-state index contributed by atoms with van der Waals surface area (Å²) >= 11 is 0. The lowest BCUT2D eigenvalue weighted by molar-refractivity contribution is -0.385. The van der Waals surface area contributed by atoms with Crippen molar-refractivity contribution in [1.82, 2.24) is 0 Å². The fourth-order valence-electron chi connectivity index (χ4n) is 2.74. The molecular formula is C20H21NO7. The van der Waals surface area contributed by atoms with Crippen LogP contribution in [0.4, 0.5) is 5.69 Å². The fourth-order valence-corrected chi connectivity index (χ4v) is 2.74. The second-order valence-electron chi connectivity index (χ2n) is 5.80. The smallest absolute Gasteiger partial charge is 0.338 e. The van der Waals surface area contributed by atoms with Gasteiger partial charge in [0.2, 0.25) is 0 Å². The largest absolute Gasteiger partial charge is 0.462 e. The first-order valence-corrected chi connectivity index (χ1v) is 8.56. The number of nitro groups is 1. The summed E-state index contributed by atoms with van der Waals surface area (Å²) in [6.07, 6.45) is -0.861. The number of nitro benzene ring substituents is 1. The molecule has 0 aromatic heterocycles. The van der Waals surface area contributed by atoms with Gasteiger partial charge in [-0.2, -0.15) is 0 Å². The predicted molar refractivity (Wildman–Crippen MR) is 100 cm³/mol. The van der Waals surface area contributed by atoms with E-state index in [2.05, 4.69) is 0 Å². The average Bonchev–Trinajstić information content (AvgIpc) is 2.71. The molecule has 0 bridgehead atoms. The molecule has 0 heterocycles. The van der Waals surface area contributed by atoms with E-state index in [0.29, 0.717) is 5.56 Å². The van der Waals surface area contributed by atoms with Crippen molar-refractivity contribution in [2.24, 2.45) is 0 Å². The Balaban J connectivity index is 2.65. The summed E-state index contributed by atoms with van der Waals surface area (Å²) in [6.45, 7) is 1.71. The zero-order valence-electron chi connectivity index (χ0n) is 15.8. The van der Waals surface area contributed by atoms with Crippen molar-refractivity contribution in [3.63, 3.8) is 0 Å². The lowest BCUT2D eigenvalue weighted by Gasteiger charge is -2.16. The number of carbonyl (C=O) groups excluding carboxylic acids is 2. The molecule has 0 fully saturated rings. The van der Waals surface area contributed by atoms with Crippen molar-refractivity contribution in [3.8, 4) is 0 Å². The number of benzene rings is 2. The van der Waals surface area contributed by atoms with E-state index in [1.807, 2.05) is 0 Å². The molecule has 8 heteroatoms. The molecule has 0 amide bonds. The Bertz CT molecular complexity index is 860. The van der Waals surface area contributed by atoms with Crippen LogP contribution < -0.4 is 0 Å². The van der Waals surface area contributed by atoms with Crippen LogP contribution in [0.3, 0.4) is 0 Å². The molecule has 0 aliphatic rings. The molecule has 0 N–H and O–H groups in total. The highest BCUT2D eigenvalue weighted by Gasteiger charge is 2.28. The Hall–Kier alpha value is -3.10. The van der Waals surface area contributed by atoms with E-state index >= 15 is 0 Å². The number of hydrogen-bond acceptors (Lipinski definition) is 7. The summed E-state index contributed by atoms with van der Waals surface area (Å²) in [4.78, 5) is 36.3. The third kappa shape index (κ3) is 4.79. The monoisotopic (exact) mass is 387 g/mol. The molecule has 8 nitrogen and oxygen atoms in total. The van der Waals surface area contributed by atoms with Crippen LogP contribution in [-0.2, 0) is 20.6 Å². The first kappa shape index (κ1) is 21.2. The maximum Gasteiger partial charge on any atom is 0.338 e. The summed E-state index contributed by atoms with van der Waals surface area (Å²) in [6, 6.07) is 10.8. The van der Waals surface area contributed by atoms with Gasteiger partial charge in [-0.1, -0.05) is 30.3 Å². The molecule has 0 atom stereocenters. The third-order valence-electron chi connectivity index (χ3n) is 4.11. The maximum absolute atomic E-state index is 12.8. The molecule has 0 spiro atoms. The van der Waals surface area contributed by atoms with Crippen LogP contribution in [0.1, 0.15) is 38.8 Å². The van der Waals surface area contributed by atoms with E-state index in [4.69, 9.17) is 14.2 Å². The number of nitrogens with zero attached hydrogens (tertiary/aromatic N) is 1. The lowest BCUT2D eigenvalue weighted by atomic mass is 9.94. The van der Waals surface area contributed by atoms with Crippen molar-refractivity contribution in [2.75, 3.05) is 20.8 Å². The van der Waals surface area contributed by atoms with Gasteiger partial charge >= 0.3 is 5.97 Å². The Labute approximate surface area is 162 Å². The second kappa shape index (κ2) is 9.72. The van der Waals surface area contributed by atoms with Crippen molar-refractivity contribution in [3.05, 3.63) is 74.8 Å². The molecule has 2 rings (SSSR count). The summed E-state index contributed by atoms with van der Waals surface area (Å²) in [5.41, 5.74) is 0.0298. The predicted octanol–water partition coefficient (Wildman–Crippen LogP) is 3.16. The minimum atomic E-state index is -0.803. The number of esters is 1. The van der Waals surface area contributed by atoms with Gasteiger partial charge in [-0.15, -0.1) is 0 Å². The molecule has 0 aliphatic carbocycles. The Kier molecular flexibility index (Phi) is 7.36. The molecule has 28 heavy (non-hydrogen) atoms. The zero-order valence-corrected chi connectivity index (χ0v) is 15.8. The van der Waals surface area contributed by atoms with Crippen LogP contribution >= 0.6 is 0 Å². The summed E-state index contributed by atoms with van der Waals surface area (Å²) in [5, 5.41) is 11.7. The van der Waals surface area contributed by atoms with Gasteiger partial charge < -0.3 is 14.2 Å².